The van der Waals surface area contributed by atoms with E-state index in [1.807, 2.05) is 0 Å². The molecule has 82 valence electrons. The Hall–Kier alpha value is -1.24. The van der Waals surface area contributed by atoms with Crippen molar-refractivity contribution in [3.8, 4) is 11.8 Å². The highest BCUT2D eigenvalue weighted by atomic mass is 16.5. The SMILES string of the molecule is Cn1c(O)c2c(c1O)[C@@H]1OC2C(O)[C@@H]1O. The molecule has 3 heterocycles. The van der Waals surface area contributed by atoms with Crippen LogP contribution in [0.5, 0.6) is 11.8 Å². The molecule has 1 aromatic heterocycles. The van der Waals surface area contributed by atoms with Crippen LogP contribution in [0.25, 0.3) is 0 Å². The molecule has 2 bridgehead atoms. The lowest BCUT2D eigenvalue weighted by atomic mass is 9.90. The van der Waals surface area contributed by atoms with Gasteiger partial charge in [0.25, 0.3) is 0 Å². The minimum Gasteiger partial charge on any atom is -0.494 e. The summed E-state index contributed by atoms with van der Waals surface area (Å²) in [5.41, 5.74) is 0.774. The summed E-state index contributed by atoms with van der Waals surface area (Å²) in [5.74, 6) is -0.248. The van der Waals surface area contributed by atoms with Crippen LogP contribution in [-0.2, 0) is 11.8 Å². The molecule has 0 aliphatic carbocycles. The Morgan fingerprint density at radius 2 is 1.40 bits per heavy atom. The summed E-state index contributed by atoms with van der Waals surface area (Å²) in [6, 6.07) is 0. The van der Waals surface area contributed by atoms with E-state index in [-0.39, 0.29) is 11.8 Å². The van der Waals surface area contributed by atoms with Crippen LogP contribution in [0, 0.1) is 0 Å². The number of aromatic nitrogens is 1. The van der Waals surface area contributed by atoms with E-state index in [9.17, 15) is 20.4 Å². The quantitative estimate of drug-likeness (QED) is 0.456. The van der Waals surface area contributed by atoms with Gasteiger partial charge in [-0.3, -0.25) is 4.57 Å². The molecule has 1 saturated heterocycles. The van der Waals surface area contributed by atoms with Crippen molar-refractivity contribution in [1.29, 1.82) is 0 Å². The van der Waals surface area contributed by atoms with Gasteiger partial charge in [-0.2, -0.15) is 0 Å². The van der Waals surface area contributed by atoms with Crippen LogP contribution in [0.2, 0.25) is 0 Å². The minimum atomic E-state index is -1.05. The fraction of sp³-hybridized carbons (Fsp3) is 0.556. The first kappa shape index (κ1) is 9.02. The molecule has 1 aromatic rings. The molecule has 0 aromatic carbocycles. The van der Waals surface area contributed by atoms with Gasteiger partial charge >= 0.3 is 0 Å². The van der Waals surface area contributed by atoms with Crippen LogP contribution in [0.4, 0.5) is 0 Å². The zero-order valence-electron chi connectivity index (χ0n) is 7.95. The van der Waals surface area contributed by atoms with Crippen LogP contribution in [0.1, 0.15) is 23.3 Å². The average Bonchev–Trinajstić information content (AvgIpc) is 2.79. The lowest BCUT2D eigenvalue weighted by molar-refractivity contribution is 0.0211. The second-order valence-electron chi connectivity index (χ2n) is 3.99. The Kier molecular flexibility index (Phi) is 1.48. The van der Waals surface area contributed by atoms with Gasteiger partial charge < -0.3 is 25.2 Å². The standard InChI is InChI=1S/C9H11NO5/c1-10-8(13)2-3(9(10)14)7-5(12)4(11)6(2)15-7/h4-7,11-14H,1H3/t4-,5?,6-,7?/m0/s1. The van der Waals surface area contributed by atoms with Gasteiger partial charge in [0.15, 0.2) is 11.8 Å². The first-order valence-electron chi connectivity index (χ1n) is 4.66. The summed E-state index contributed by atoms with van der Waals surface area (Å²) < 4.78 is 6.50. The van der Waals surface area contributed by atoms with Gasteiger partial charge in [-0.25, -0.2) is 0 Å². The van der Waals surface area contributed by atoms with Gasteiger partial charge in [0.05, 0.1) is 11.1 Å². The zero-order chi connectivity index (χ0) is 10.9. The number of hydrogen-bond donors (Lipinski definition) is 4. The van der Waals surface area contributed by atoms with Crippen molar-refractivity contribution in [2.24, 2.45) is 7.05 Å². The molecule has 2 aliphatic rings. The monoisotopic (exact) mass is 213 g/mol. The number of fused-ring (bicyclic) bond motifs is 5. The normalized spacial score (nSPS) is 37.3. The molecule has 6 nitrogen and oxygen atoms in total. The number of aliphatic hydroxyl groups excluding tert-OH is 2. The third kappa shape index (κ3) is 0.808. The first-order valence-corrected chi connectivity index (χ1v) is 4.66. The maximum atomic E-state index is 9.70. The number of ether oxygens (including phenoxy) is 1. The summed E-state index contributed by atoms with van der Waals surface area (Å²) in [7, 11) is 1.50. The number of rotatable bonds is 0. The Morgan fingerprint density at radius 1 is 1.00 bits per heavy atom. The lowest BCUT2D eigenvalue weighted by Gasteiger charge is -2.18. The maximum absolute atomic E-state index is 9.70. The highest BCUT2D eigenvalue weighted by Gasteiger charge is 2.55. The fourth-order valence-electron chi connectivity index (χ4n) is 2.42. The van der Waals surface area contributed by atoms with Crippen molar-refractivity contribution in [2.75, 3.05) is 0 Å². The molecular formula is C9H11NO5. The summed E-state index contributed by atoms with van der Waals surface area (Å²) >= 11 is 0. The van der Waals surface area contributed by atoms with E-state index in [0.29, 0.717) is 11.1 Å². The molecule has 2 unspecified atom stereocenters. The van der Waals surface area contributed by atoms with Crippen LogP contribution >= 0.6 is 0 Å². The second-order valence-corrected chi connectivity index (χ2v) is 3.99. The molecule has 0 spiro atoms. The molecule has 0 amide bonds. The van der Waals surface area contributed by atoms with Crippen LogP contribution in [0.3, 0.4) is 0 Å². The minimum absolute atomic E-state index is 0.124. The third-order valence-electron chi connectivity index (χ3n) is 3.24. The summed E-state index contributed by atoms with van der Waals surface area (Å²) in [6.45, 7) is 0. The number of nitrogens with zero attached hydrogens (tertiary/aromatic N) is 1. The smallest absolute Gasteiger partial charge is 0.200 e. The zero-order valence-corrected chi connectivity index (χ0v) is 7.95. The van der Waals surface area contributed by atoms with E-state index in [4.69, 9.17) is 4.74 Å². The Morgan fingerprint density at radius 3 is 1.80 bits per heavy atom. The van der Waals surface area contributed by atoms with E-state index in [1.165, 1.54) is 11.6 Å². The molecule has 4 atom stereocenters. The molecule has 6 heteroatoms. The van der Waals surface area contributed by atoms with Crippen molar-refractivity contribution in [3.63, 3.8) is 0 Å². The molecule has 2 aliphatic heterocycles. The number of aromatic hydroxyl groups is 2. The number of aliphatic hydroxyl groups is 2. The van der Waals surface area contributed by atoms with Gasteiger partial charge in [0, 0.05) is 7.05 Å². The highest BCUT2D eigenvalue weighted by Crippen LogP contribution is 2.57. The van der Waals surface area contributed by atoms with Crippen molar-refractivity contribution in [2.45, 2.75) is 24.4 Å². The largest absolute Gasteiger partial charge is 0.494 e. The van der Waals surface area contributed by atoms with Crippen molar-refractivity contribution in [3.05, 3.63) is 11.1 Å². The van der Waals surface area contributed by atoms with Gasteiger partial charge in [0.2, 0.25) is 0 Å². The third-order valence-corrected chi connectivity index (χ3v) is 3.24. The summed E-state index contributed by atoms with van der Waals surface area (Å²) in [6.07, 6.45) is -3.58. The van der Waals surface area contributed by atoms with E-state index in [0.717, 1.165) is 0 Å². The molecule has 15 heavy (non-hydrogen) atoms. The van der Waals surface area contributed by atoms with Gasteiger partial charge in [0.1, 0.15) is 24.4 Å². The molecule has 1 fully saturated rings. The van der Waals surface area contributed by atoms with Crippen molar-refractivity contribution >= 4 is 0 Å². The first-order chi connectivity index (χ1) is 7.04. The van der Waals surface area contributed by atoms with Crippen molar-refractivity contribution < 1.29 is 25.2 Å². The van der Waals surface area contributed by atoms with Crippen molar-refractivity contribution in [1.82, 2.24) is 4.57 Å². The van der Waals surface area contributed by atoms with E-state index in [1.54, 1.807) is 0 Å². The molecular weight excluding hydrogens is 202 g/mol. The molecule has 3 rings (SSSR count). The van der Waals surface area contributed by atoms with Crippen LogP contribution in [0.15, 0.2) is 0 Å². The summed E-state index contributed by atoms with van der Waals surface area (Å²) in [4.78, 5) is 0. The number of hydrogen-bond acceptors (Lipinski definition) is 5. The topological polar surface area (TPSA) is 95.1 Å². The molecule has 0 radical (unpaired) electrons. The maximum Gasteiger partial charge on any atom is 0.200 e. The Bertz CT molecular complexity index is 403. The Labute approximate surface area is 85.0 Å². The second kappa shape index (κ2) is 2.46. The average molecular weight is 213 g/mol. The van der Waals surface area contributed by atoms with Gasteiger partial charge in [-0.05, 0) is 0 Å². The van der Waals surface area contributed by atoms with Gasteiger partial charge in [-0.1, -0.05) is 0 Å². The predicted molar refractivity (Wildman–Crippen MR) is 47.3 cm³/mol. The van der Waals surface area contributed by atoms with E-state index >= 15 is 0 Å². The van der Waals surface area contributed by atoms with E-state index < -0.39 is 24.4 Å². The lowest BCUT2D eigenvalue weighted by Crippen LogP contribution is -2.30. The Balaban J connectivity index is 2.25. The predicted octanol–water partition coefficient (Wildman–Crippen LogP) is -0.716. The summed E-state index contributed by atoms with van der Waals surface area (Å²) in [5, 5.41) is 38.6. The molecule has 0 saturated carbocycles. The van der Waals surface area contributed by atoms with Crippen LogP contribution in [-0.4, -0.2) is 37.2 Å². The van der Waals surface area contributed by atoms with E-state index in [2.05, 4.69) is 0 Å². The van der Waals surface area contributed by atoms with Crippen LogP contribution < -0.4 is 0 Å². The highest BCUT2D eigenvalue weighted by molar-refractivity contribution is 5.53. The molecule has 4 N–H and O–H groups in total. The van der Waals surface area contributed by atoms with Gasteiger partial charge in [-0.15, -0.1) is 0 Å². The fourth-order valence-corrected chi connectivity index (χ4v) is 2.42.